The maximum atomic E-state index is 13.6. The third-order valence-corrected chi connectivity index (χ3v) is 10.0. The molecule has 14 nitrogen and oxygen atoms in total. The van der Waals surface area contributed by atoms with Crippen molar-refractivity contribution in [3.8, 4) is 23.1 Å². The van der Waals surface area contributed by atoms with E-state index in [4.69, 9.17) is 14.5 Å². The second-order valence-electron chi connectivity index (χ2n) is 14.7. The molecule has 0 bridgehead atoms. The fourth-order valence-corrected chi connectivity index (χ4v) is 7.07. The largest absolute Gasteiger partial charge is 0.453 e. The SMILES string of the molecule is COC(=O)NC(C(=O)N1CC(C)=CC1c1ncc(-c2ccc(C#Cc3ccc4nc(C5CCCN5C(=O)C(NC(=O)OC)C(C)C)[nH]c4c3)cc2)[nH]1)C(C)C. The molecule has 2 aromatic carbocycles. The van der Waals surface area contributed by atoms with Gasteiger partial charge in [-0.1, -0.05) is 63.3 Å². The highest BCUT2D eigenvalue weighted by atomic mass is 16.5. The molecule has 14 heteroatoms. The number of hydrogen-bond donors (Lipinski definition) is 4. The molecule has 4 atom stereocenters. The predicted octanol–water partition coefficient (Wildman–Crippen LogP) is 5.61. The first kappa shape index (κ1) is 38.6. The summed E-state index contributed by atoms with van der Waals surface area (Å²) in [5.74, 6) is 7.22. The van der Waals surface area contributed by atoms with Gasteiger partial charge in [0.05, 0.1) is 43.2 Å². The van der Waals surface area contributed by atoms with E-state index in [1.165, 1.54) is 14.2 Å². The van der Waals surface area contributed by atoms with E-state index in [0.29, 0.717) is 24.7 Å². The number of aromatic nitrogens is 4. The number of nitrogens with zero attached hydrogens (tertiary/aromatic N) is 4. The second kappa shape index (κ2) is 16.5. The molecule has 4 amide bonds. The Balaban J connectivity index is 1.13. The molecule has 1 saturated heterocycles. The lowest BCUT2D eigenvalue weighted by molar-refractivity contribution is -0.136. The van der Waals surface area contributed by atoms with E-state index >= 15 is 0 Å². The molecule has 4 aromatic rings. The second-order valence-corrected chi connectivity index (χ2v) is 14.7. The summed E-state index contributed by atoms with van der Waals surface area (Å²) in [4.78, 5) is 70.8. The normalized spacial score (nSPS) is 17.8. The highest BCUT2D eigenvalue weighted by Crippen LogP contribution is 2.34. The minimum absolute atomic E-state index is 0.115. The number of H-pyrrole nitrogens is 2. The molecule has 2 aliphatic heterocycles. The Kier molecular flexibility index (Phi) is 11.6. The molecular formula is C41H48N8O6. The molecule has 0 spiro atoms. The van der Waals surface area contributed by atoms with Gasteiger partial charge in [-0.15, -0.1) is 0 Å². The third-order valence-electron chi connectivity index (χ3n) is 10.0. The molecule has 4 heterocycles. The topological polar surface area (TPSA) is 175 Å². The summed E-state index contributed by atoms with van der Waals surface area (Å²) < 4.78 is 9.50. The molecule has 1 fully saturated rings. The molecule has 4 N–H and O–H groups in total. The van der Waals surface area contributed by atoms with E-state index in [1.54, 1.807) is 16.0 Å². The van der Waals surface area contributed by atoms with E-state index < -0.39 is 30.3 Å². The van der Waals surface area contributed by atoms with Crippen LogP contribution in [0.15, 0.2) is 60.3 Å². The third kappa shape index (κ3) is 8.51. The molecule has 6 rings (SSSR count). The van der Waals surface area contributed by atoms with Crippen molar-refractivity contribution in [3.05, 3.63) is 83.1 Å². The number of ether oxygens (including phenoxy) is 2. The van der Waals surface area contributed by atoms with Crippen LogP contribution in [0, 0.1) is 23.7 Å². The molecule has 55 heavy (non-hydrogen) atoms. The molecule has 0 radical (unpaired) electrons. The van der Waals surface area contributed by atoms with E-state index in [2.05, 4.69) is 37.4 Å². The van der Waals surface area contributed by atoms with Crippen LogP contribution in [0.25, 0.3) is 22.3 Å². The zero-order chi connectivity index (χ0) is 39.4. The van der Waals surface area contributed by atoms with Crippen LogP contribution in [0.1, 0.15) is 82.3 Å². The van der Waals surface area contributed by atoms with Gasteiger partial charge >= 0.3 is 12.2 Å². The van der Waals surface area contributed by atoms with Crippen LogP contribution in [0.2, 0.25) is 0 Å². The van der Waals surface area contributed by atoms with Crippen LogP contribution in [0.5, 0.6) is 0 Å². The van der Waals surface area contributed by atoms with E-state index in [-0.39, 0.29) is 29.7 Å². The number of imidazole rings is 2. The highest BCUT2D eigenvalue weighted by molar-refractivity contribution is 5.88. The number of benzene rings is 2. The standard InChI is InChI=1S/C41H48N8O6/c1-23(2)34(46-40(52)54-6)38(50)48-18-8-9-32(48)37-43-29-17-14-27(20-30(29)44-37)11-10-26-12-15-28(16-13-26)31-21-42-36(45-31)33-19-25(5)22-49(33)39(51)35(24(3)4)47-41(53)55-7/h12-17,19-21,23-24,32-35H,8-9,18,22H2,1-7H3,(H,42,45)(H,43,44)(H,46,52)(H,47,53). The number of alkyl carbamates (subject to hydrolysis) is 2. The molecule has 4 unspecified atom stereocenters. The summed E-state index contributed by atoms with van der Waals surface area (Å²) in [6.45, 7) is 10.5. The maximum Gasteiger partial charge on any atom is 0.407 e. The fraction of sp³-hybridized carbons (Fsp3) is 0.415. The summed E-state index contributed by atoms with van der Waals surface area (Å²) in [5.41, 5.74) is 6.00. The highest BCUT2D eigenvalue weighted by Gasteiger charge is 2.38. The van der Waals surface area contributed by atoms with Crippen molar-refractivity contribution in [3.63, 3.8) is 0 Å². The Bertz CT molecular complexity index is 2160. The Labute approximate surface area is 320 Å². The maximum absolute atomic E-state index is 13.6. The van der Waals surface area contributed by atoms with Crippen molar-refractivity contribution in [2.75, 3.05) is 27.3 Å². The predicted molar refractivity (Wildman–Crippen MR) is 206 cm³/mol. The quantitative estimate of drug-likeness (QED) is 0.126. The number of carbonyl (C=O) groups excluding carboxylic acids is 4. The van der Waals surface area contributed by atoms with E-state index in [1.807, 2.05) is 83.2 Å². The monoisotopic (exact) mass is 748 g/mol. The van der Waals surface area contributed by atoms with Gasteiger partial charge in [0.2, 0.25) is 11.8 Å². The van der Waals surface area contributed by atoms with E-state index in [9.17, 15) is 19.2 Å². The van der Waals surface area contributed by atoms with Crippen LogP contribution in [-0.2, 0) is 19.1 Å². The number of aromatic amines is 2. The molecule has 2 aliphatic rings. The molecular weight excluding hydrogens is 701 g/mol. The number of carbonyl (C=O) groups is 4. The van der Waals surface area contributed by atoms with Crippen LogP contribution in [0.4, 0.5) is 9.59 Å². The van der Waals surface area contributed by atoms with Crippen molar-refractivity contribution >= 4 is 35.0 Å². The average Bonchev–Trinajstić information content (AvgIpc) is 4.00. The lowest BCUT2D eigenvalue weighted by atomic mass is 10.0. The summed E-state index contributed by atoms with van der Waals surface area (Å²) >= 11 is 0. The first-order valence-electron chi connectivity index (χ1n) is 18.5. The smallest absolute Gasteiger partial charge is 0.407 e. The Morgan fingerprint density at radius 2 is 1.45 bits per heavy atom. The van der Waals surface area contributed by atoms with Gasteiger partial charge in [-0.25, -0.2) is 19.6 Å². The van der Waals surface area contributed by atoms with Gasteiger partial charge in [-0.2, -0.15) is 0 Å². The van der Waals surface area contributed by atoms with Gasteiger partial charge < -0.3 is 39.9 Å². The Morgan fingerprint density at radius 3 is 2.09 bits per heavy atom. The van der Waals surface area contributed by atoms with Gasteiger partial charge in [-0.05, 0) is 67.5 Å². The number of methoxy groups -OCH3 is 2. The van der Waals surface area contributed by atoms with Gasteiger partial charge in [-0.3, -0.25) is 9.59 Å². The zero-order valence-electron chi connectivity index (χ0n) is 32.2. The number of rotatable bonds is 9. The van der Waals surface area contributed by atoms with Crippen LogP contribution in [0.3, 0.4) is 0 Å². The minimum Gasteiger partial charge on any atom is -0.453 e. The van der Waals surface area contributed by atoms with Crippen molar-refractivity contribution in [2.45, 2.75) is 71.6 Å². The lowest BCUT2D eigenvalue weighted by Gasteiger charge is -2.30. The number of likely N-dealkylation sites (tertiary alicyclic amines) is 1. The molecule has 288 valence electrons. The van der Waals surface area contributed by atoms with Crippen molar-refractivity contribution in [1.29, 1.82) is 0 Å². The zero-order valence-corrected chi connectivity index (χ0v) is 32.2. The number of fused-ring (bicyclic) bond motifs is 1. The Morgan fingerprint density at radius 1 is 0.836 bits per heavy atom. The number of nitrogens with one attached hydrogen (secondary N) is 4. The van der Waals surface area contributed by atoms with E-state index in [0.717, 1.165) is 51.8 Å². The van der Waals surface area contributed by atoms with Crippen molar-refractivity contribution in [2.24, 2.45) is 11.8 Å². The summed E-state index contributed by atoms with van der Waals surface area (Å²) in [6.07, 6.45) is 4.08. The molecule has 2 aromatic heterocycles. The number of hydrogen-bond acceptors (Lipinski definition) is 8. The molecule has 0 aliphatic carbocycles. The Hall–Kier alpha value is -6.10. The van der Waals surface area contributed by atoms with Crippen LogP contribution < -0.4 is 10.6 Å². The van der Waals surface area contributed by atoms with Crippen molar-refractivity contribution in [1.82, 2.24) is 40.4 Å². The summed E-state index contributed by atoms with van der Waals surface area (Å²) in [6, 6.07) is 11.6. The fourth-order valence-electron chi connectivity index (χ4n) is 7.07. The lowest BCUT2D eigenvalue weighted by Crippen LogP contribution is -2.51. The number of amides is 4. The first-order chi connectivity index (χ1) is 26.4. The van der Waals surface area contributed by atoms with Crippen LogP contribution in [-0.4, -0.2) is 93.1 Å². The first-order valence-corrected chi connectivity index (χ1v) is 18.5. The minimum atomic E-state index is -0.738. The van der Waals surface area contributed by atoms with Crippen LogP contribution >= 0.6 is 0 Å². The van der Waals surface area contributed by atoms with Gasteiger partial charge in [0.15, 0.2) is 0 Å². The van der Waals surface area contributed by atoms with Crippen molar-refractivity contribution < 1.29 is 28.7 Å². The summed E-state index contributed by atoms with van der Waals surface area (Å²) in [7, 11) is 2.56. The average molecular weight is 749 g/mol. The van der Waals surface area contributed by atoms with Gasteiger partial charge in [0.1, 0.15) is 29.8 Å². The van der Waals surface area contributed by atoms with Gasteiger partial charge in [0.25, 0.3) is 0 Å². The summed E-state index contributed by atoms with van der Waals surface area (Å²) in [5, 5.41) is 5.36. The molecule has 0 saturated carbocycles. The van der Waals surface area contributed by atoms with Gasteiger partial charge in [0, 0.05) is 24.2 Å².